The minimum atomic E-state index is 0.0466. The van der Waals surface area contributed by atoms with E-state index in [2.05, 4.69) is 17.6 Å². The molecule has 0 radical (unpaired) electrons. The SMILES string of the molecule is CC1CCC(C(=O)NCCNC(=O)C2CC2)CC1N. The molecule has 2 saturated carbocycles. The molecule has 2 aliphatic rings. The first-order chi connectivity index (χ1) is 9.08. The third kappa shape index (κ3) is 4.20. The molecule has 0 heterocycles. The Morgan fingerprint density at radius 3 is 2.05 bits per heavy atom. The summed E-state index contributed by atoms with van der Waals surface area (Å²) in [6, 6.07) is 0.138. The van der Waals surface area contributed by atoms with Gasteiger partial charge in [0, 0.05) is 31.0 Å². The number of amides is 2. The first kappa shape index (κ1) is 14.3. The lowest BCUT2D eigenvalue weighted by atomic mass is 9.79. The van der Waals surface area contributed by atoms with Crippen LogP contribution < -0.4 is 16.4 Å². The molecule has 3 unspecified atom stereocenters. The van der Waals surface area contributed by atoms with Crippen molar-refractivity contribution in [2.75, 3.05) is 13.1 Å². The van der Waals surface area contributed by atoms with Crippen LogP contribution in [0, 0.1) is 17.8 Å². The van der Waals surface area contributed by atoms with Crippen molar-refractivity contribution >= 4 is 11.8 Å². The van der Waals surface area contributed by atoms with Crippen molar-refractivity contribution in [1.29, 1.82) is 0 Å². The Kier molecular flexibility index (Phi) is 4.80. The largest absolute Gasteiger partial charge is 0.354 e. The van der Waals surface area contributed by atoms with Crippen LogP contribution in [-0.4, -0.2) is 30.9 Å². The third-order valence-electron chi connectivity index (χ3n) is 4.30. The highest BCUT2D eigenvalue weighted by Crippen LogP contribution is 2.28. The number of carbonyl (C=O) groups excluding carboxylic acids is 2. The zero-order chi connectivity index (χ0) is 13.8. The molecule has 0 aromatic carbocycles. The van der Waals surface area contributed by atoms with Crippen molar-refractivity contribution in [1.82, 2.24) is 10.6 Å². The molecular formula is C14H25N3O2. The van der Waals surface area contributed by atoms with Crippen LogP contribution in [-0.2, 0) is 9.59 Å². The maximum atomic E-state index is 12.0. The lowest BCUT2D eigenvalue weighted by Gasteiger charge is -2.31. The smallest absolute Gasteiger partial charge is 0.223 e. The molecule has 3 atom stereocenters. The van der Waals surface area contributed by atoms with E-state index in [0.29, 0.717) is 19.0 Å². The zero-order valence-corrected chi connectivity index (χ0v) is 11.7. The van der Waals surface area contributed by atoms with Gasteiger partial charge in [0.2, 0.25) is 11.8 Å². The van der Waals surface area contributed by atoms with Crippen molar-refractivity contribution in [3.63, 3.8) is 0 Å². The molecule has 0 aromatic heterocycles. The molecule has 0 aromatic rings. The predicted molar refractivity (Wildman–Crippen MR) is 73.2 cm³/mol. The fourth-order valence-corrected chi connectivity index (χ4v) is 2.60. The van der Waals surface area contributed by atoms with Gasteiger partial charge in [0.25, 0.3) is 0 Å². The molecule has 0 saturated heterocycles. The van der Waals surface area contributed by atoms with Crippen LogP contribution in [0.4, 0.5) is 0 Å². The van der Waals surface area contributed by atoms with Crippen molar-refractivity contribution in [2.45, 2.75) is 45.1 Å². The number of rotatable bonds is 5. The normalized spacial score (nSPS) is 30.7. The molecule has 19 heavy (non-hydrogen) atoms. The Morgan fingerprint density at radius 1 is 1.00 bits per heavy atom. The molecule has 2 fully saturated rings. The van der Waals surface area contributed by atoms with E-state index in [1.54, 1.807) is 0 Å². The zero-order valence-electron chi connectivity index (χ0n) is 11.7. The molecule has 0 aliphatic heterocycles. The lowest BCUT2D eigenvalue weighted by Crippen LogP contribution is -2.43. The fraction of sp³-hybridized carbons (Fsp3) is 0.857. The van der Waals surface area contributed by atoms with Crippen LogP contribution in [0.5, 0.6) is 0 Å². The first-order valence-electron chi connectivity index (χ1n) is 7.39. The summed E-state index contributed by atoms with van der Waals surface area (Å²) in [4.78, 5) is 23.4. The molecule has 2 amide bonds. The van der Waals surface area contributed by atoms with E-state index in [4.69, 9.17) is 5.73 Å². The summed E-state index contributed by atoms with van der Waals surface area (Å²) < 4.78 is 0. The average molecular weight is 267 g/mol. The number of nitrogens with two attached hydrogens (primary N) is 1. The second kappa shape index (κ2) is 6.37. The molecule has 0 spiro atoms. The van der Waals surface area contributed by atoms with Crippen molar-refractivity contribution in [3.05, 3.63) is 0 Å². The van der Waals surface area contributed by atoms with Gasteiger partial charge in [0.05, 0.1) is 0 Å². The van der Waals surface area contributed by atoms with E-state index in [1.165, 1.54) is 0 Å². The van der Waals surface area contributed by atoms with Gasteiger partial charge in [-0.2, -0.15) is 0 Å². The monoisotopic (exact) mass is 267 g/mol. The van der Waals surface area contributed by atoms with Crippen LogP contribution in [0.15, 0.2) is 0 Å². The van der Waals surface area contributed by atoms with Crippen LogP contribution in [0.3, 0.4) is 0 Å². The molecule has 0 bridgehead atoms. The quantitative estimate of drug-likeness (QED) is 0.630. The summed E-state index contributed by atoms with van der Waals surface area (Å²) in [6.07, 6.45) is 4.75. The Labute approximate surface area is 114 Å². The van der Waals surface area contributed by atoms with E-state index in [1.807, 2.05) is 0 Å². The maximum Gasteiger partial charge on any atom is 0.223 e. The van der Waals surface area contributed by atoms with Crippen LogP contribution in [0.2, 0.25) is 0 Å². The molecule has 4 N–H and O–H groups in total. The Hall–Kier alpha value is -1.10. The third-order valence-corrected chi connectivity index (χ3v) is 4.30. The molecule has 5 heteroatoms. The second-order valence-corrected chi connectivity index (χ2v) is 6.01. The number of nitrogens with one attached hydrogen (secondary N) is 2. The summed E-state index contributed by atoms with van der Waals surface area (Å²) >= 11 is 0. The summed E-state index contributed by atoms with van der Waals surface area (Å²) in [5, 5.41) is 5.73. The molecule has 108 valence electrons. The minimum absolute atomic E-state index is 0.0466. The van der Waals surface area contributed by atoms with E-state index in [-0.39, 0.29) is 29.7 Å². The lowest BCUT2D eigenvalue weighted by molar-refractivity contribution is -0.127. The molecule has 2 aliphatic carbocycles. The molecule has 5 nitrogen and oxygen atoms in total. The Morgan fingerprint density at radius 2 is 1.53 bits per heavy atom. The highest BCUT2D eigenvalue weighted by atomic mass is 16.2. The minimum Gasteiger partial charge on any atom is -0.354 e. The van der Waals surface area contributed by atoms with Crippen LogP contribution in [0.1, 0.15) is 39.0 Å². The van der Waals surface area contributed by atoms with Gasteiger partial charge in [-0.05, 0) is 38.0 Å². The van der Waals surface area contributed by atoms with Gasteiger partial charge in [-0.3, -0.25) is 9.59 Å². The van der Waals surface area contributed by atoms with E-state index >= 15 is 0 Å². The summed E-state index contributed by atoms with van der Waals surface area (Å²) in [7, 11) is 0. The van der Waals surface area contributed by atoms with Crippen molar-refractivity contribution in [2.24, 2.45) is 23.5 Å². The summed E-state index contributed by atoms with van der Waals surface area (Å²) in [6.45, 7) is 3.18. The van der Waals surface area contributed by atoms with E-state index < -0.39 is 0 Å². The number of hydrogen-bond donors (Lipinski definition) is 3. The van der Waals surface area contributed by atoms with Gasteiger partial charge in [-0.15, -0.1) is 0 Å². The topological polar surface area (TPSA) is 84.2 Å². The van der Waals surface area contributed by atoms with Crippen LogP contribution in [0.25, 0.3) is 0 Å². The molecular weight excluding hydrogens is 242 g/mol. The van der Waals surface area contributed by atoms with Crippen molar-refractivity contribution in [3.8, 4) is 0 Å². The fourth-order valence-electron chi connectivity index (χ4n) is 2.60. The van der Waals surface area contributed by atoms with E-state index in [9.17, 15) is 9.59 Å². The van der Waals surface area contributed by atoms with Gasteiger partial charge >= 0.3 is 0 Å². The number of carbonyl (C=O) groups is 2. The predicted octanol–water partition coefficient (Wildman–Crippen LogP) is 0.392. The summed E-state index contributed by atoms with van der Waals surface area (Å²) in [5.41, 5.74) is 6.00. The summed E-state index contributed by atoms with van der Waals surface area (Å²) in [5.74, 6) is 1.01. The second-order valence-electron chi connectivity index (χ2n) is 6.01. The van der Waals surface area contributed by atoms with Gasteiger partial charge < -0.3 is 16.4 Å². The standard InChI is InChI=1S/C14H25N3O2/c1-9-2-3-11(8-12(9)15)14(19)17-7-6-16-13(18)10-4-5-10/h9-12H,2-8,15H2,1H3,(H,16,18)(H,17,19). The number of hydrogen-bond acceptors (Lipinski definition) is 3. The van der Waals surface area contributed by atoms with Gasteiger partial charge in [-0.1, -0.05) is 6.92 Å². The van der Waals surface area contributed by atoms with Gasteiger partial charge in [-0.25, -0.2) is 0 Å². The van der Waals surface area contributed by atoms with Gasteiger partial charge in [0.15, 0.2) is 0 Å². The maximum absolute atomic E-state index is 12.0. The average Bonchev–Trinajstić information content (AvgIpc) is 3.21. The van der Waals surface area contributed by atoms with E-state index in [0.717, 1.165) is 32.1 Å². The highest BCUT2D eigenvalue weighted by Gasteiger charge is 2.30. The highest BCUT2D eigenvalue weighted by molar-refractivity contribution is 5.81. The van der Waals surface area contributed by atoms with Gasteiger partial charge in [0.1, 0.15) is 0 Å². The molecule has 2 rings (SSSR count). The Bertz CT molecular complexity index is 342. The van der Waals surface area contributed by atoms with Crippen molar-refractivity contribution < 1.29 is 9.59 Å². The Balaban J connectivity index is 1.60. The van der Waals surface area contributed by atoms with Crippen LogP contribution >= 0.6 is 0 Å². The first-order valence-corrected chi connectivity index (χ1v) is 7.39.